The summed E-state index contributed by atoms with van der Waals surface area (Å²) in [5.41, 5.74) is 0. The predicted molar refractivity (Wildman–Crippen MR) is 39.2 cm³/mol. The summed E-state index contributed by atoms with van der Waals surface area (Å²) in [4.78, 5) is 12.5. The average Bonchev–Trinajstić information content (AvgIpc) is 2.28. The summed E-state index contributed by atoms with van der Waals surface area (Å²) >= 11 is 0. The van der Waals surface area contributed by atoms with Gasteiger partial charge in [-0.1, -0.05) is 0 Å². The first-order chi connectivity index (χ1) is 5.15. The van der Waals surface area contributed by atoms with Gasteiger partial charge in [0.25, 0.3) is 0 Å². The Kier molecular flexibility index (Phi) is 2.34. The summed E-state index contributed by atoms with van der Waals surface area (Å²) in [5, 5.41) is 9.16. The van der Waals surface area contributed by atoms with Crippen LogP contribution in [0.3, 0.4) is 0 Å². The maximum absolute atomic E-state index is 11.0. The number of methoxy groups -OCH3 is 1. The molecule has 1 N–H and O–H groups in total. The van der Waals surface area contributed by atoms with E-state index in [0.29, 0.717) is 13.0 Å². The van der Waals surface area contributed by atoms with E-state index < -0.39 is 0 Å². The Bertz CT molecular complexity index is 160. The molecule has 0 bridgehead atoms. The van der Waals surface area contributed by atoms with Crippen molar-refractivity contribution in [2.24, 2.45) is 0 Å². The number of amides is 1. The lowest BCUT2D eigenvalue weighted by Gasteiger charge is -2.18. The third-order valence-corrected chi connectivity index (χ3v) is 1.96. The Hall–Kier alpha value is -0.770. The van der Waals surface area contributed by atoms with Gasteiger partial charge in [0, 0.05) is 6.04 Å². The number of nitrogens with zero attached hydrogens (tertiary/aromatic N) is 1. The van der Waals surface area contributed by atoms with E-state index in [0.717, 1.165) is 0 Å². The molecular weight excluding hydrogens is 146 g/mol. The molecule has 1 aliphatic heterocycles. The van der Waals surface area contributed by atoms with Gasteiger partial charge in [-0.15, -0.1) is 0 Å². The van der Waals surface area contributed by atoms with E-state index >= 15 is 0 Å². The minimum absolute atomic E-state index is 0.0949. The van der Waals surface area contributed by atoms with E-state index in [9.17, 15) is 4.79 Å². The number of hydrogen-bond acceptors (Lipinski definition) is 3. The fourth-order valence-electron chi connectivity index (χ4n) is 1.37. The van der Waals surface area contributed by atoms with Gasteiger partial charge in [0.2, 0.25) is 0 Å². The van der Waals surface area contributed by atoms with Crippen molar-refractivity contribution in [2.75, 3.05) is 13.7 Å². The maximum atomic E-state index is 11.0. The number of aliphatic hydroxyl groups excluding tert-OH is 1. The van der Waals surface area contributed by atoms with Gasteiger partial charge in [0.1, 0.15) is 0 Å². The summed E-state index contributed by atoms with van der Waals surface area (Å²) in [6, 6.07) is 0.0949. The Morgan fingerprint density at radius 1 is 1.73 bits per heavy atom. The Morgan fingerprint density at radius 2 is 2.36 bits per heavy atom. The Morgan fingerprint density at radius 3 is 2.73 bits per heavy atom. The molecule has 0 unspecified atom stereocenters. The van der Waals surface area contributed by atoms with Gasteiger partial charge < -0.3 is 14.7 Å². The number of aliphatic hydroxyl groups is 1. The molecule has 0 radical (unpaired) electrons. The van der Waals surface area contributed by atoms with Crippen LogP contribution in [0.25, 0.3) is 0 Å². The Labute approximate surface area is 65.8 Å². The number of hydrogen-bond donors (Lipinski definition) is 1. The molecular formula is C7H13NO3. The van der Waals surface area contributed by atoms with Crippen molar-refractivity contribution in [3.05, 3.63) is 0 Å². The molecule has 0 saturated carbocycles. The SMILES string of the molecule is COC(=O)N1C[C@@H](O)C[C@@H]1C. The smallest absolute Gasteiger partial charge is 0.409 e. The van der Waals surface area contributed by atoms with Gasteiger partial charge in [-0.2, -0.15) is 0 Å². The standard InChI is InChI=1S/C7H13NO3/c1-5-3-6(9)4-8(5)7(10)11-2/h5-6,9H,3-4H2,1-2H3/t5-,6-/m0/s1. The summed E-state index contributed by atoms with van der Waals surface area (Å²) < 4.78 is 4.53. The first-order valence-corrected chi connectivity index (χ1v) is 3.67. The second-order valence-electron chi connectivity index (χ2n) is 2.86. The highest BCUT2D eigenvalue weighted by atomic mass is 16.5. The molecule has 4 heteroatoms. The fraction of sp³-hybridized carbons (Fsp3) is 0.857. The highest BCUT2D eigenvalue weighted by molar-refractivity contribution is 5.68. The van der Waals surface area contributed by atoms with Crippen LogP contribution in [0.5, 0.6) is 0 Å². The minimum atomic E-state index is -0.385. The molecule has 11 heavy (non-hydrogen) atoms. The van der Waals surface area contributed by atoms with Crippen LogP contribution in [0, 0.1) is 0 Å². The van der Waals surface area contributed by atoms with Crippen LogP contribution in [0.4, 0.5) is 4.79 Å². The molecule has 1 fully saturated rings. The lowest BCUT2D eigenvalue weighted by atomic mass is 10.2. The Balaban J connectivity index is 2.52. The summed E-state index contributed by atoms with van der Waals surface area (Å²) in [5.74, 6) is 0. The molecule has 1 aliphatic rings. The van der Waals surface area contributed by atoms with Gasteiger partial charge in [0.05, 0.1) is 19.8 Å². The van der Waals surface area contributed by atoms with Gasteiger partial charge >= 0.3 is 6.09 Å². The molecule has 0 aromatic carbocycles. The lowest BCUT2D eigenvalue weighted by Crippen LogP contribution is -2.34. The van der Waals surface area contributed by atoms with Gasteiger partial charge in [-0.05, 0) is 13.3 Å². The number of likely N-dealkylation sites (tertiary alicyclic amines) is 1. The first kappa shape index (κ1) is 8.33. The molecule has 1 heterocycles. The van der Waals surface area contributed by atoms with Crippen molar-refractivity contribution >= 4 is 6.09 Å². The molecule has 1 saturated heterocycles. The summed E-state index contributed by atoms with van der Waals surface area (Å²) in [6.07, 6.45) is -0.0899. The van der Waals surface area contributed by atoms with E-state index in [2.05, 4.69) is 4.74 Å². The number of carbonyl (C=O) groups excluding carboxylic acids is 1. The maximum Gasteiger partial charge on any atom is 0.409 e. The normalized spacial score (nSPS) is 30.6. The monoisotopic (exact) mass is 159 g/mol. The molecule has 1 rings (SSSR count). The third-order valence-electron chi connectivity index (χ3n) is 1.96. The van der Waals surface area contributed by atoms with Crippen LogP contribution in [-0.2, 0) is 4.74 Å². The third kappa shape index (κ3) is 1.63. The highest BCUT2D eigenvalue weighted by Crippen LogP contribution is 2.17. The topological polar surface area (TPSA) is 49.8 Å². The molecule has 0 aromatic rings. The second kappa shape index (κ2) is 3.09. The number of ether oxygens (including phenoxy) is 1. The average molecular weight is 159 g/mol. The van der Waals surface area contributed by atoms with Crippen molar-refractivity contribution in [1.82, 2.24) is 4.90 Å². The van der Waals surface area contributed by atoms with E-state index in [-0.39, 0.29) is 18.2 Å². The molecule has 1 amide bonds. The summed E-state index contributed by atoms with van der Waals surface area (Å²) in [6.45, 7) is 2.29. The van der Waals surface area contributed by atoms with Crippen LogP contribution in [0.15, 0.2) is 0 Å². The molecule has 4 nitrogen and oxygen atoms in total. The molecule has 2 atom stereocenters. The van der Waals surface area contributed by atoms with Crippen molar-refractivity contribution in [2.45, 2.75) is 25.5 Å². The quantitative estimate of drug-likeness (QED) is 0.549. The van der Waals surface area contributed by atoms with Gasteiger partial charge in [-0.3, -0.25) is 0 Å². The van der Waals surface area contributed by atoms with Crippen molar-refractivity contribution < 1.29 is 14.6 Å². The van der Waals surface area contributed by atoms with E-state index in [1.807, 2.05) is 6.92 Å². The van der Waals surface area contributed by atoms with Crippen molar-refractivity contribution in [3.63, 3.8) is 0 Å². The highest BCUT2D eigenvalue weighted by Gasteiger charge is 2.31. The fourth-order valence-corrected chi connectivity index (χ4v) is 1.37. The number of carbonyl (C=O) groups is 1. The minimum Gasteiger partial charge on any atom is -0.453 e. The number of β-amino-alcohol motifs (C(OH)–C–C–N with tert-alkyl or cyclic N) is 1. The van der Waals surface area contributed by atoms with E-state index in [1.165, 1.54) is 12.0 Å². The largest absolute Gasteiger partial charge is 0.453 e. The lowest BCUT2D eigenvalue weighted by molar-refractivity contribution is 0.114. The summed E-state index contributed by atoms with van der Waals surface area (Å²) in [7, 11) is 1.35. The van der Waals surface area contributed by atoms with Gasteiger partial charge in [0.15, 0.2) is 0 Å². The van der Waals surface area contributed by atoms with E-state index in [1.54, 1.807) is 0 Å². The first-order valence-electron chi connectivity index (χ1n) is 3.67. The van der Waals surface area contributed by atoms with Crippen LogP contribution in [0.2, 0.25) is 0 Å². The van der Waals surface area contributed by atoms with Crippen molar-refractivity contribution in [3.8, 4) is 0 Å². The molecule has 0 spiro atoms. The zero-order valence-electron chi connectivity index (χ0n) is 6.78. The second-order valence-corrected chi connectivity index (χ2v) is 2.86. The zero-order valence-corrected chi connectivity index (χ0v) is 6.78. The molecule has 0 aliphatic carbocycles. The van der Waals surface area contributed by atoms with Crippen LogP contribution < -0.4 is 0 Å². The van der Waals surface area contributed by atoms with E-state index in [4.69, 9.17) is 5.11 Å². The van der Waals surface area contributed by atoms with Crippen LogP contribution >= 0.6 is 0 Å². The molecule has 64 valence electrons. The zero-order chi connectivity index (χ0) is 8.43. The van der Waals surface area contributed by atoms with Crippen molar-refractivity contribution in [1.29, 1.82) is 0 Å². The molecule has 0 aromatic heterocycles. The van der Waals surface area contributed by atoms with Crippen LogP contribution in [0.1, 0.15) is 13.3 Å². The van der Waals surface area contributed by atoms with Gasteiger partial charge in [-0.25, -0.2) is 4.79 Å². The number of rotatable bonds is 0. The predicted octanol–water partition coefficient (Wildman–Crippen LogP) is 0.208. The van der Waals surface area contributed by atoms with Crippen LogP contribution in [-0.4, -0.2) is 41.9 Å².